The molecule has 1 aliphatic carbocycles. The Labute approximate surface area is 135 Å². The first kappa shape index (κ1) is 15.1. The summed E-state index contributed by atoms with van der Waals surface area (Å²) in [5, 5.41) is 7.57. The van der Waals surface area contributed by atoms with Crippen molar-refractivity contribution < 1.29 is 4.79 Å². The van der Waals surface area contributed by atoms with E-state index in [1.165, 1.54) is 0 Å². The molecule has 1 saturated carbocycles. The second-order valence-corrected chi connectivity index (χ2v) is 6.91. The van der Waals surface area contributed by atoms with E-state index in [-0.39, 0.29) is 11.8 Å². The van der Waals surface area contributed by atoms with Crippen LogP contribution in [0.5, 0.6) is 0 Å². The maximum atomic E-state index is 12.2. The molecular weight excluding hydrogens is 307 g/mol. The van der Waals surface area contributed by atoms with Crippen LogP contribution < -0.4 is 10.6 Å². The smallest absolute Gasteiger partial charge is 0.223 e. The lowest BCUT2D eigenvalue weighted by Crippen LogP contribution is -2.34. The van der Waals surface area contributed by atoms with Crippen molar-refractivity contribution in [2.75, 3.05) is 19.6 Å². The van der Waals surface area contributed by atoms with E-state index in [1.807, 2.05) is 12.1 Å². The van der Waals surface area contributed by atoms with Crippen molar-refractivity contribution in [3.63, 3.8) is 0 Å². The van der Waals surface area contributed by atoms with Crippen molar-refractivity contribution in [2.24, 2.45) is 11.3 Å². The van der Waals surface area contributed by atoms with Gasteiger partial charge in [0.1, 0.15) is 0 Å². The zero-order chi connectivity index (χ0) is 14.9. The third kappa shape index (κ3) is 3.20. The van der Waals surface area contributed by atoms with E-state index in [1.54, 1.807) is 6.07 Å². The van der Waals surface area contributed by atoms with Crippen molar-refractivity contribution in [1.29, 1.82) is 0 Å². The van der Waals surface area contributed by atoms with Gasteiger partial charge in [0, 0.05) is 12.5 Å². The molecule has 1 aromatic carbocycles. The van der Waals surface area contributed by atoms with Gasteiger partial charge < -0.3 is 10.6 Å². The molecule has 5 heteroatoms. The molecule has 0 aromatic heterocycles. The zero-order valence-electron chi connectivity index (χ0n) is 11.9. The molecule has 3 rings (SSSR count). The van der Waals surface area contributed by atoms with E-state index >= 15 is 0 Å². The number of halogens is 2. The molecule has 1 aliphatic heterocycles. The van der Waals surface area contributed by atoms with Crippen molar-refractivity contribution in [3.05, 3.63) is 33.8 Å². The van der Waals surface area contributed by atoms with Crippen LogP contribution in [0, 0.1) is 11.3 Å². The lowest BCUT2D eigenvalue weighted by Gasteiger charge is -2.23. The van der Waals surface area contributed by atoms with Crippen LogP contribution in [0.15, 0.2) is 18.2 Å². The minimum atomic E-state index is 0.204. The van der Waals surface area contributed by atoms with Gasteiger partial charge in [-0.25, -0.2) is 0 Å². The number of hydrogen-bond acceptors (Lipinski definition) is 2. The monoisotopic (exact) mass is 326 g/mol. The lowest BCUT2D eigenvalue weighted by atomic mass is 9.92. The first-order valence-corrected chi connectivity index (χ1v) is 8.29. The number of carbonyl (C=O) groups is 1. The summed E-state index contributed by atoms with van der Waals surface area (Å²) in [7, 11) is 0. The molecule has 1 aromatic rings. The third-order valence-corrected chi connectivity index (χ3v) is 5.69. The molecule has 2 fully saturated rings. The van der Waals surface area contributed by atoms with Crippen molar-refractivity contribution in [1.82, 2.24) is 10.6 Å². The van der Waals surface area contributed by atoms with E-state index < -0.39 is 0 Å². The number of benzene rings is 1. The highest BCUT2D eigenvalue weighted by Crippen LogP contribution is 2.58. The van der Waals surface area contributed by atoms with Gasteiger partial charge in [0.25, 0.3) is 0 Å². The Hall–Kier alpha value is -0.770. The number of amides is 1. The molecule has 1 unspecified atom stereocenters. The molecule has 21 heavy (non-hydrogen) atoms. The van der Waals surface area contributed by atoms with Crippen LogP contribution in [-0.4, -0.2) is 25.5 Å². The minimum Gasteiger partial charge on any atom is -0.356 e. The molecule has 0 radical (unpaired) electrons. The van der Waals surface area contributed by atoms with Crippen molar-refractivity contribution >= 4 is 29.1 Å². The molecule has 1 atom stereocenters. The Balaban J connectivity index is 1.48. The second-order valence-electron chi connectivity index (χ2n) is 6.12. The largest absolute Gasteiger partial charge is 0.356 e. The first-order chi connectivity index (χ1) is 10.1. The average molecular weight is 327 g/mol. The highest BCUT2D eigenvalue weighted by atomic mass is 35.5. The number of rotatable bonds is 4. The molecule has 1 amide bonds. The van der Waals surface area contributed by atoms with Gasteiger partial charge in [-0.2, -0.15) is 0 Å². The van der Waals surface area contributed by atoms with Crippen LogP contribution in [0.3, 0.4) is 0 Å². The van der Waals surface area contributed by atoms with Gasteiger partial charge in [-0.05, 0) is 55.8 Å². The van der Waals surface area contributed by atoms with Crippen LogP contribution >= 0.6 is 23.2 Å². The van der Waals surface area contributed by atoms with Crippen molar-refractivity contribution in [3.8, 4) is 0 Å². The van der Waals surface area contributed by atoms with Crippen LogP contribution in [0.1, 0.15) is 24.8 Å². The molecule has 2 N–H and O–H groups in total. The Bertz CT molecular complexity index is 541. The Morgan fingerprint density at radius 1 is 1.33 bits per heavy atom. The van der Waals surface area contributed by atoms with Gasteiger partial charge in [0.2, 0.25) is 5.91 Å². The Morgan fingerprint density at radius 3 is 2.86 bits per heavy atom. The van der Waals surface area contributed by atoms with Gasteiger partial charge >= 0.3 is 0 Å². The SMILES string of the molecule is O=C(NCCc1cccc(Cl)c1Cl)C1CC12CCNCC2. The third-order valence-electron chi connectivity index (χ3n) is 4.83. The molecule has 1 heterocycles. The van der Waals surface area contributed by atoms with Gasteiger partial charge in [-0.1, -0.05) is 35.3 Å². The number of nitrogens with one attached hydrogen (secondary N) is 2. The summed E-state index contributed by atoms with van der Waals surface area (Å²) in [4.78, 5) is 12.2. The molecule has 2 aliphatic rings. The van der Waals surface area contributed by atoms with Gasteiger partial charge in [-0.3, -0.25) is 4.79 Å². The first-order valence-electron chi connectivity index (χ1n) is 7.54. The summed E-state index contributed by atoms with van der Waals surface area (Å²) >= 11 is 12.1. The van der Waals surface area contributed by atoms with Crippen LogP contribution in [0.4, 0.5) is 0 Å². The highest BCUT2D eigenvalue weighted by Gasteiger charge is 2.57. The number of piperidine rings is 1. The fourth-order valence-electron chi connectivity index (χ4n) is 3.38. The second kappa shape index (κ2) is 6.15. The fraction of sp³-hybridized carbons (Fsp3) is 0.562. The summed E-state index contributed by atoms with van der Waals surface area (Å²) in [6, 6.07) is 5.61. The summed E-state index contributed by atoms with van der Waals surface area (Å²) in [6.07, 6.45) is 4.03. The predicted octanol–water partition coefficient (Wildman–Crippen LogP) is 3.04. The summed E-state index contributed by atoms with van der Waals surface area (Å²) in [5.41, 5.74) is 1.28. The Morgan fingerprint density at radius 2 is 2.10 bits per heavy atom. The molecule has 1 spiro atoms. The molecular formula is C16H20Cl2N2O. The summed E-state index contributed by atoms with van der Waals surface area (Å²) < 4.78 is 0. The number of carbonyl (C=O) groups excluding carboxylic acids is 1. The van der Waals surface area contributed by atoms with E-state index in [4.69, 9.17) is 23.2 Å². The van der Waals surface area contributed by atoms with Gasteiger partial charge in [-0.15, -0.1) is 0 Å². The predicted molar refractivity (Wildman–Crippen MR) is 85.8 cm³/mol. The molecule has 1 saturated heterocycles. The molecule has 3 nitrogen and oxygen atoms in total. The average Bonchev–Trinajstić information content (AvgIpc) is 3.17. The fourth-order valence-corrected chi connectivity index (χ4v) is 3.80. The van der Waals surface area contributed by atoms with Crippen LogP contribution in [0.2, 0.25) is 10.0 Å². The highest BCUT2D eigenvalue weighted by molar-refractivity contribution is 6.42. The molecule has 114 valence electrons. The topological polar surface area (TPSA) is 41.1 Å². The summed E-state index contributed by atoms with van der Waals surface area (Å²) in [6.45, 7) is 2.70. The van der Waals surface area contributed by atoms with Crippen LogP contribution in [0.25, 0.3) is 0 Å². The van der Waals surface area contributed by atoms with E-state index in [0.717, 1.165) is 37.9 Å². The van der Waals surface area contributed by atoms with Gasteiger partial charge in [0.15, 0.2) is 0 Å². The maximum absolute atomic E-state index is 12.2. The maximum Gasteiger partial charge on any atom is 0.223 e. The van der Waals surface area contributed by atoms with E-state index in [2.05, 4.69) is 10.6 Å². The minimum absolute atomic E-state index is 0.204. The summed E-state index contributed by atoms with van der Waals surface area (Å²) in [5.74, 6) is 0.421. The van der Waals surface area contributed by atoms with Crippen LogP contribution in [-0.2, 0) is 11.2 Å². The Kier molecular flexibility index (Phi) is 4.43. The molecule has 0 bridgehead atoms. The lowest BCUT2D eigenvalue weighted by molar-refractivity contribution is -0.123. The quantitative estimate of drug-likeness (QED) is 0.892. The normalized spacial score (nSPS) is 23.0. The van der Waals surface area contributed by atoms with E-state index in [9.17, 15) is 4.79 Å². The van der Waals surface area contributed by atoms with E-state index in [0.29, 0.717) is 28.4 Å². The standard InChI is InChI=1S/C16H20Cl2N2O/c17-13-3-1-2-11(14(13)18)4-7-20-15(21)12-10-16(12)5-8-19-9-6-16/h1-3,12,19H,4-10H2,(H,20,21). The van der Waals surface area contributed by atoms with Gasteiger partial charge in [0.05, 0.1) is 10.0 Å². The van der Waals surface area contributed by atoms with Crippen molar-refractivity contribution in [2.45, 2.75) is 25.7 Å². The number of hydrogen-bond donors (Lipinski definition) is 2. The zero-order valence-corrected chi connectivity index (χ0v) is 13.4.